The third-order valence-corrected chi connectivity index (χ3v) is 6.81. The van der Waals surface area contributed by atoms with Crippen molar-refractivity contribution < 1.29 is 4.79 Å². The molecular weight excluding hydrogens is 440 g/mol. The topological polar surface area (TPSA) is 89.9 Å². The first kappa shape index (κ1) is 22.0. The molecule has 32 heavy (non-hydrogen) atoms. The molecule has 4 rings (SSSR count). The van der Waals surface area contributed by atoms with Crippen LogP contribution in [0.25, 0.3) is 11.4 Å². The Bertz CT molecular complexity index is 1260. The van der Waals surface area contributed by atoms with Crippen molar-refractivity contribution in [2.24, 2.45) is 0 Å². The van der Waals surface area contributed by atoms with E-state index in [2.05, 4.69) is 16.3 Å². The predicted octanol–water partition coefficient (Wildman–Crippen LogP) is 5.02. The molecule has 0 fully saturated rings. The summed E-state index contributed by atoms with van der Waals surface area (Å²) in [6.07, 6.45) is 0. The number of hydrogen-bond acceptors (Lipinski definition) is 7. The lowest BCUT2D eigenvalue weighted by molar-refractivity contribution is -0.115. The standard InChI is InChI=1S/C23H24N6OS2/c1-14-5-8-18(9-6-14)21-26-27-23(29(21)24)32-13-19-12-31-22(25-19)28(17(4)30)20-10-7-15(2)11-16(20)3/h5-12H,13,24H2,1-4H3. The van der Waals surface area contributed by atoms with Gasteiger partial charge in [-0.3, -0.25) is 9.69 Å². The molecule has 0 bridgehead atoms. The van der Waals surface area contributed by atoms with Crippen molar-refractivity contribution in [3.63, 3.8) is 0 Å². The van der Waals surface area contributed by atoms with Gasteiger partial charge in [-0.05, 0) is 32.4 Å². The van der Waals surface area contributed by atoms with Gasteiger partial charge in [-0.1, -0.05) is 59.3 Å². The largest absolute Gasteiger partial charge is 0.335 e. The fraction of sp³-hybridized carbons (Fsp3) is 0.217. The molecule has 4 aromatic rings. The zero-order valence-electron chi connectivity index (χ0n) is 18.4. The molecule has 2 aromatic carbocycles. The van der Waals surface area contributed by atoms with E-state index < -0.39 is 0 Å². The van der Waals surface area contributed by atoms with Gasteiger partial charge in [-0.2, -0.15) is 0 Å². The Balaban J connectivity index is 1.51. The average molecular weight is 465 g/mol. The lowest BCUT2D eigenvalue weighted by Crippen LogP contribution is -2.23. The van der Waals surface area contributed by atoms with Gasteiger partial charge in [-0.25, -0.2) is 9.66 Å². The highest BCUT2D eigenvalue weighted by molar-refractivity contribution is 7.98. The van der Waals surface area contributed by atoms with Gasteiger partial charge in [0, 0.05) is 23.6 Å². The zero-order valence-corrected chi connectivity index (χ0v) is 20.0. The van der Waals surface area contributed by atoms with Crippen molar-refractivity contribution in [2.45, 2.75) is 38.6 Å². The van der Waals surface area contributed by atoms with Crippen molar-refractivity contribution in [1.82, 2.24) is 19.9 Å². The van der Waals surface area contributed by atoms with Crippen molar-refractivity contribution in [1.29, 1.82) is 0 Å². The van der Waals surface area contributed by atoms with E-state index in [9.17, 15) is 4.79 Å². The van der Waals surface area contributed by atoms with Crippen molar-refractivity contribution in [3.05, 3.63) is 70.2 Å². The van der Waals surface area contributed by atoms with Crippen LogP contribution in [0.15, 0.2) is 53.0 Å². The van der Waals surface area contributed by atoms with Crippen LogP contribution >= 0.6 is 23.1 Å². The first-order chi connectivity index (χ1) is 15.3. The minimum absolute atomic E-state index is 0.0741. The molecule has 0 spiro atoms. The number of aromatic nitrogens is 4. The number of aryl methyl sites for hydroxylation is 3. The number of thiazole rings is 1. The average Bonchev–Trinajstić information content (AvgIpc) is 3.35. The number of thioether (sulfide) groups is 1. The minimum atomic E-state index is -0.0741. The van der Waals surface area contributed by atoms with Crippen LogP contribution in [0.1, 0.15) is 29.3 Å². The van der Waals surface area contributed by atoms with Crippen molar-refractivity contribution in [3.8, 4) is 11.4 Å². The Morgan fingerprint density at radius 1 is 1.09 bits per heavy atom. The van der Waals surface area contributed by atoms with Gasteiger partial charge in [-0.15, -0.1) is 21.5 Å². The van der Waals surface area contributed by atoms with E-state index in [4.69, 9.17) is 10.8 Å². The first-order valence-electron chi connectivity index (χ1n) is 10.1. The molecule has 0 saturated heterocycles. The van der Waals surface area contributed by atoms with Crippen LogP contribution in [0, 0.1) is 20.8 Å². The van der Waals surface area contributed by atoms with Gasteiger partial charge in [0.1, 0.15) is 0 Å². The summed E-state index contributed by atoms with van der Waals surface area (Å²) >= 11 is 2.90. The monoisotopic (exact) mass is 464 g/mol. The molecule has 7 nitrogen and oxygen atoms in total. The molecule has 0 unspecified atom stereocenters. The summed E-state index contributed by atoms with van der Waals surface area (Å²) in [4.78, 5) is 18.8. The second kappa shape index (κ2) is 9.13. The quantitative estimate of drug-likeness (QED) is 0.318. The molecule has 0 aliphatic rings. The van der Waals surface area contributed by atoms with E-state index in [0.29, 0.717) is 21.9 Å². The number of carbonyl (C=O) groups excluding carboxylic acids is 1. The Kier molecular flexibility index (Phi) is 6.29. The molecule has 1 amide bonds. The number of anilines is 2. The number of benzene rings is 2. The van der Waals surface area contributed by atoms with Crippen LogP contribution in [0.4, 0.5) is 10.8 Å². The molecule has 0 saturated carbocycles. The van der Waals surface area contributed by atoms with Crippen molar-refractivity contribution >= 4 is 39.8 Å². The van der Waals surface area contributed by atoms with Crippen molar-refractivity contribution in [2.75, 3.05) is 10.7 Å². The summed E-state index contributed by atoms with van der Waals surface area (Å²) in [6, 6.07) is 14.0. The molecule has 2 N–H and O–H groups in total. The van der Waals surface area contributed by atoms with Crippen LogP contribution in [0.5, 0.6) is 0 Å². The molecule has 2 aromatic heterocycles. The van der Waals surface area contributed by atoms with E-state index in [-0.39, 0.29) is 5.91 Å². The smallest absolute Gasteiger partial charge is 0.230 e. The molecule has 0 aliphatic heterocycles. The summed E-state index contributed by atoms with van der Waals surface area (Å²) in [6.45, 7) is 7.63. The van der Waals surface area contributed by atoms with Crippen LogP contribution in [-0.2, 0) is 10.5 Å². The maximum absolute atomic E-state index is 12.4. The highest BCUT2D eigenvalue weighted by Crippen LogP contribution is 2.33. The van der Waals surface area contributed by atoms with E-state index in [0.717, 1.165) is 28.1 Å². The van der Waals surface area contributed by atoms with Crippen LogP contribution in [0.3, 0.4) is 0 Å². The maximum Gasteiger partial charge on any atom is 0.230 e. The molecule has 164 valence electrons. The lowest BCUT2D eigenvalue weighted by Gasteiger charge is -2.20. The first-order valence-corrected chi connectivity index (χ1v) is 11.9. The van der Waals surface area contributed by atoms with E-state index in [1.54, 1.807) is 11.8 Å². The Morgan fingerprint density at radius 3 is 2.50 bits per heavy atom. The number of nitrogens with zero attached hydrogens (tertiary/aromatic N) is 5. The fourth-order valence-corrected chi connectivity index (χ4v) is 5.08. The summed E-state index contributed by atoms with van der Waals surface area (Å²) in [5.74, 6) is 7.34. The fourth-order valence-electron chi connectivity index (χ4n) is 3.34. The highest BCUT2D eigenvalue weighted by Gasteiger charge is 2.20. The number of amides is 1. The molecule has 0 aliphatic carbocycles. The van der Waals surface area contributed by atoms with Crippen LogP contribution < -0.4 is 10.7 Å². The number of carbonyl (C=O) groups is 1. The van der Waals surface area contributed by atoms with Crippen LogP contribution in [0.2, 0.25) is 0 Å². The normalized spacial score (nSPS) is 11.0. The number of nitrogens with two attached hydrogens (primary N) is 1. The van der Waals surface area contributed by atoms with E-state index in [1.165, 1.54) is 33.3 Å². The van der Waals surface area contributed by atoms with Gasteiger partial charge in [0.2, 0.25) is 11.1 Å². The Morgan fingerprint density at radius 2 is 1.81 bits per heavy atom. The molecule has 2 heterocycles. The summed E-state index contributed by atoms with van der Waals surface area (Å²) < 4.78 is 1.50. The highest BCUT2D eigenvalue weighted by atomic mass is 32.2. The zero-order chi connectivity index (χ0) is 22.8. The lowest BCUT2D eigenvalue weighted by atomic mass is 10.1. The number of hydrogen-bond donors (Lipinski definition) is 1. The van der Waals surface area contributed by atoms with E-state index >= 15 is 0 Å². The molecule has 0 radical (unpaired) electrons. The Hall–Kier alpha value is -3.17. The second-order valence-electron chi connectivity index (χ2n) is 7.60. The summed E-state index contributed by atoms with van der Waals surface area (Å²) in [5.41, 5.74) is 5.98. The number of nitrogen functional groups attached to an aromatic ring is 1. The van der Waals surface area contributed by atoms with Gasteiger partial charge < -0.3 is 5.84 Å². The Labute approximate surface area is 195 Å². The molecule has 0 atom stereocenters. The van der Waals surface area contributed by atoms with Gasteiger partial charge in [0.05, 0.1) is 11.4 Å². The van der Waals surface area contributed by atoms with Crippen LogP contribution in [-0.4, -0.2) is 25.8 Å². The summed E-state index contributed by atoms with van der Waals surface area (Å²) in [5, 5.41) is 11.7. The third kappa shape index (κ3) is 4.53. The van der Waals surface area contributed by atoms with Gasteiger partial charge in [0.25, 0.3) is 0 Å². The number of rotatable bonds is 6. The molecular formula is C23H24N6OS2. The second-order valence-corrected chi connectivity index (χ2v) is 9.38. The predicted molar refractivity (Wildman–Crippen MR) is 131 cm³/mol. The van der Waals surface area contributed by atoms with Gasteiger partial charge in [0.15, 0.2) is 11.0 Å². The minimum Gasteiger partial charge on any atom is -0.335 e. The molecule has 9 heteroatoms. The van der Waals surface area contributed by atoms with Gasteiger partial charge >= 0.3 is 0 Å². The third-order valence-electron chi connectivity index (χ3n) is 4.96. The summed E-state index contributed by atoms with van der Waals surface area (Å²) in [7, 11) is 0. The van der Waals surface area contributed by atoms with E-state index in [1.807, 2.05) is 62.5 Å². The SMILES string of the molecule is CC(=O)N(c1nc(CSc2nnc(-c3ccc(C)cc3)n2N)cs1)c1ccc(C)cc1C. The maximum atomic E-state index is 12.4.